The zero-order valence-corrected chi connectivity index (χ0v) is 14.0. The van der Waals surface area contributed by atoms with Gasteiger partial charge in [0.2, 0.25) is 0 Å². The van der Waals surface area contributed by atoms with E-state index in [9.17, 15) is 0 Å². The Morgan fingerprint density at radius 2 is 1.24 bits per heavy atom. The van der Waals surface area contributed by atoms with Gasteiger partial charge < -0.3 is 4.74 Å². The molecule has 0 bridgehead atoms. The largest absolute Gasteiger partial charge is 0.381 e. The molecule has 1 heteroatoms. The van der Waals surface area contributed by atoms with E-state index in [-0.39, 0.29) is 0 Å². The minimum Gasteiger partial charge on any atom is -0.381 e. The number of rotatable bonds is 14. The van der Waals surface area contributed by atoms with Crippen molar-refractivity contribution in [1.82, 2.24) is 0 Å². The highest BCUT2D eigenvalue weighted by molar-refractivity contribution is 5.14. The molecule has 0 saturated heterocycles. The maximum absolute atomic E-state index is 5.58. The lowest BCUT2D eigenvalue weighted by Crippen LogP contribution is -1.96. The van der Waals surface area contributed by atoms with Crippen molar-refractivity contribution in [1.29, 1.82) is 0 Å². The molecule has 0 N–H and O–H groups in total. The molecule has 1 aromatic rings. The van der Waals surface area contributed by atoms with Gasteiger partial charge in [-0.3, -0.25) is 0 Å². The van der Waals surface area contributed by atoms with Crippen LogP contribution >= 0.6 is 0 Å². The second-order valence-electron chi connectivity index (χ2n) is 6.03. The van der Waals surface area contributed by atoms with Gasteiger partial charge in [-0.1, -0.05) is 82.2 Å². The first kappa shape index (κ1) is 18.2. The smallest absolute Gasteiger partial charge is 0.0466 e. The van der Waals surface area contributed by atoms with E-state index >= 15 is 0 Å². The zero-order valence-electron chi connectivity index (χ0n) is 14.0. The molecular weight excluding hydrogens is 256 g/mol. The summed E-state index contributed by atoms with van der Waals surface area (Å²) in [6.45, 7) is 4.14. The van der Waals surface area contributed by atoms with Crippen LogP contribution in [0.25, 0.3) is 0 Å². The van der Waals surface area contributed by atoms with E-state index in [0.717, 1.165) is 13.2 Å². The standard InChI is InChI=1S/C20H34O/c1-2-3-18-21-19-14-9-7-5-4-6-8-11-15-20-16-12-10-13-17-20/h10,12-13,16-17H,2-9,11,14-15,18-19H2,1H3. The highest BCUT2D eigenvalue weighted by atomic mass is 16.5. The van der Waals surface area contributed by atoms with Crippen LogP contribution in [0.4, 0.5) is 0 Å². The number of unbranched alkanes of at least 4 members (excludes halogenated alkanes) is 8. The molecule has 0 saturated carbocycles. The molecule has 0 radical (unpaired) electrons. The molecule has 1 aromatic carbocycles. The molecule has 0 atom stereocenters. The molecule has 0 heterocycles. The first-order valence-corrected chi connectivity index (χ1v) is 9.05. The Morgan fingerprint density at radius 3 is 1.90 bits per heavy atom. The summed E-state index contributed by atoms with van der Waals surface area (Å²) in [5, 5.41) is 0. The van der Waals surface area contributed by atoms with Crippen LogP contribution in [0, 0.1) is 0 Å². The molecule has 120 valence electrons. The summed E-state index contributed by atoms with van der Waals surface area (Å²) in [7, 11) is 0. The Hall–Kier alpha value is -0.820. The molecule has 0 aromatic heterocycles. The summed E-state index contributed by atoms with van der Waals surface area (Å²) in [6, 6.07) is 10.9. The van der Waals surface area contributed by atoms with Crippen molar-refractivity contribution in [2.75, 3.05) is 13.2 Å². The third-order valence-electron chi connectivity index (χ3n) is 3.99. The fourth-order valence-corrected chi connectivity index (χ4v) is 2.59. The monoisotopic (exact) mass is 290 g/mol. The SMILES string of the molecule is CCCCOCCCCCCCCCCc1ccccc1. The first-order valence-electron chi connectivity index (χ1n) is 9.05. The van der Waals surface area contributed by atoms with Gasteiger partial charge in [0.25, 0.3) is 0 Å². The molecule has 0 aliphatic rings. The minimum atomic E-state index is 0.956. The predicted octanol–water partition coefficient (Wildman–Crippen LogP) is 6.17. The number of hydrogen-bond donors (Lipinski definition) is 0. The van der Waals surface area contributed by atoms with Crippen LogP contribution in [0.5, 0.6) is 0 Å². The molecular formula is C20H34O. The van der Waals surface area contributed by atoms with Gasteiger partial charge in [0.15, 0.2) is 0 Å². The third-order valence-corrected chi connectivity index (χ3v) is 3.99. The van der Waals surface area contributed by atoms with Gasteiger partial charge in [-0.15, -0.1) is 0 Å². The highest BCUT2D eigenvalue weighted by Gasteiger charge is 1.94. The Kier molecular flexibility index (Phi) is 12.3. The molecule has 0 amide bonds. The van der Waals surface area contributed by atoms with Crippen LogP contribution in [-0.2, 0) is 11.2 Å². The van der Waals surface area contributed by atoms with Gasteiger partial charge in [0.05, 0.1) is 0 Å². The molecule has 1 rings (SSSR count). The summed E-state index contributed by atoms with van der Waals surface area (Å²) in [5.74, 6) is 0. The normalized spacial score (nSPS) is 10.9. The van der Waals surface area contributed by atoms with Gasteiger partial charge in [-0.05, 0) is 31.2 Å². The summed E-state index contributed by atoms with van der Waals surface area (Å²) in [6.07, 6.45) is 14.6. The number of aryl methyl sites for hydroxylation is 1. The number of benzene rings is 1. The van der Waals surface area contributed by atoms with Gasteiger partial charge >= 0.3 is 0 Å². The zero-order chi connectivity index (χ0) is 15.0. The van der Waals surface area contributed by atoms with E-state index in [0.29, 0.717) is 0 Å². The van der Waals surface area contributed by atoms with Crippen LogP contribution in [-0.4, -0.2) is 13.2 Å². The van der Waals surface area contributed by atoms with Crippen molar-refractivity contribution in [2.24, 2.45) is 0 Å². The van der Waals surface area contributed by atoms with Crippen LogP contribution in [0.1, 0.15) is 76.7 Å². The Balaban J connectivity index is 1.75. The fourth-order valence-electron chi connectivity index (χ4n) is 2.59. The second-order valence-corrected chi connectivity index (χ2v) is 6.03. The van der Waals surface area contributed by atoms with Crippen molar-refractivity contribution in [3.63, 3.8) is 0 Å². The van der Waals surface area contributed by atoms with Gasteiger partial charge in [-0.25, -0.2) is 0 Å². The molecule has 0 aliphatic heterocycles. The summed E-state index contributed by atoms with van der Waals surface area (Å²) >= 11 is 0. The van der Waals surface area contributed by atoms with E-state index < -0.39 is 0 Å². The Labute approximate surface area is 132 Å². The van der Waals surface area contributed by atoms with Crippen molar-refractivity contribution in [3.05, 3.63) is 35.9 Å². The molecule has 0 unspecified atom stereocenters. The van der Waals surface area contributed by atoms with E-state index in [1.807, 2.05) is 0 Å². The summed E-state index contributed by atoms with van der Waals surface area (Å²) in [5.41, 5.74) is 1.49. The van der Waals surface area contributed by atoms with Crippen molar-refractivity contribution >= 4 is 0 Å². The number of hydrogen-bond acceptors (Lipinski definition) is 1. The van der Waals surface area contributed by atoms with Gasteiger partial charge in [0.1, 0.15) is 0 Å². The second kappa shape index (κ2) is 14.1. The molecule has 21 heavy (non-hydrogen) atoms. The molecule has 0 fully saturated rings. The van der Waals surface area contributed by atoms with Crippen LogP contribution < -0.4 is 0 Å². The fraction of sp³-hybridized carbons (Fsp3) is 0.700. The Bertz CT molecular complexity index is 307. The third kappa shape index (κ3) is 11.5. The Morgan fingerprint density at radius 1 is 0.667 bits per heavy atom. The summed E-state index contributed by atoms with van der Waals surface area (Å²) < 4.78 is 5.58. The average Bonchev–Trinajstić information content (AvgIpc) is 2.53. The van der Waals surface area contributed by atoms with Crippen molar-refractivity contribution in [2.45, 2.75) is 77.6 Å². The quantitative estimate of drug-likeness (QED) is 0.372. The lowest BCUT2D eigenvalue weighted by Gasteiger charge is -2.04. The van der Waals surface area contributed by atoms with Crippen LogP contribution in [0.15, 0.2) is 30.3 Å². The molecule has 0 spiro atoms. The maximum atomic E-state index is 5.58. The van der Waals surface area contributed by atoms with E-state index in [1.165, 1.54) is 76.2 Å². The lowest BCUT2D eigenvalue weighted by atomic mass is 10.0. The van der Waals surface area contributed by atoms with Crippen LogP contribution in [0.3, 0.4) is 0 Å². The van der Waals surface area contributed by atoms with Crippen molar-refractivity contribution < 1.29 is 4.74 Å². The van der Waals surface area contributed by atoms with E-state index in [4.69, 9.17) is 4.74 Å². The molecule has 0 aliphatic carbocycles. The lowest BCUT2D eigenvalue weighted by molar-refractivity contribution is 0.127. The van der Waals surface area contributed by atoms with E-state index in [1.54, 1.807) is 0 Å². The predicted molar refractivity (Wildman–Crippen MR) is 92.8 cm³/mol. The van der Waals surface area contributed by atoms with E-state index in [2.05, 4.69) is 37.3 Å². The maximum Gasteiger partial charge on any atom is 0.0466 e. The molecule has 1 nitrogen and oxygen atoms in total. The first-order chi connectivity index (χ1) is 10.4. The average molecular weight is 290 g/mol. The van der Waals surface area contributed by atoms with Gasteiger partial charge in [0, 0.05) is 13.2 Å². The topological polar surface area (TPSA) is 9.23 Å². The minimum absolute atomic E-state index is 0.956. The van der Waals surface area contributed by atoms with Gasteiger partial charge in [-0.2, -0.15) is 0 Å². The highest BCUT2D eigenvalue weighted by Crippen LogP contribution is 2.11. The number of ether oxygens (including phenoxy) is 1. The van der Waals surface area contributed by atoms with Crippen molar-refractivity contribution in [3.8, 4) is 0 Å². The van der Waals surface area contributed by atoms with Crippen LogP contribution in [0.2, 0.25) is 0 Å². The summed E-state index contributed by atoms with van der Waals surface area (Å²) in [4.78, 5) is 0.